The Balaban J connectivity index is 4.69. The Labute approximate surface area is 78.7 Å². The van der Waals surface area contributed by atoms with Gasteiger partial charge in [-0.05, 0) is 13.3 Å². The highest BCUT2D eigenvalue weighted by Gasteiger charge is 2.24. The summed E-state index contributed by atoms with van der Waals surface area (Å²) >= 11 is 0. The Morgan fingerprint density at radius 1 is 1.38 bits per heavy atom. The minimum Gasteiger partial charge on any atom is -0.202 e. The lowest BCUT2D eigenvalue weighted by Gasteiger charge is -2.10. The zero-order valence-electron chi connectivity index (χ0n) is 8.40. The average Bonchev–Trinajstić information content (AvgIpc) is 2.02. The Morgan fingerprint density at radius 2 is 1.92 bits per heavy atom. The molecule has 0 aromatic carbocycles. The maximum atomic E-state index is 12.8. The van der Waals surface area contributed by atoms with Gasteiger partial charge in [0.1, 0.15) is 0 Å². The van der Waals surface area contributed by atoms with Crippen LogP contribution in [0, 0.1) is 0 Å². The van der Waals surface area contributed by atoms with Crippen molar-refractivity contribution in [1.82, 2.24) is 0 Å². The Morgan fingerprint density at radius 3 is 2.23 bits per heavy atom. The van der Waals surface area contributed by atoms with Crippen LogP contribution in [-0.2, 0) is 0 Å². The molecule has 2 heteroatoms. The van der Waals surface area contributed by atoms with E-state index in [1.165, 1.54) is 12.2 Å². The molecule has 0 saturated carbocycles. The predicted octanol–water partition coefficient (Wildman–Crippen LogP) is 4.11. The van der Waals surface area contributed by atoms with Gasteiger partial charge in [0.15, 0.2) is 0 Å². The molecule has 0 heterocycles. The van der Waals surface area contributed by atoms with Gasteiger partial charge in [-0.15, -0.1) is 0 Å². The summed E-state index contributed by atoms with van der Waals surface area (Å²) in [4.78, 5) is 0. The molecule has 0 rings (SSSR count). The third-order valence-corrected chi connectivity index (χ3v) is 1.83. The summed E-state index contributed by atoms with van der Waals surface area (Å²) in [5, 5.41) is 0. The molecule has 74 valence electrons. The highest BCUT2D eigenvalue weighted by Crippen LogP contribution is 2.23. The first-order chi connectivity index (χ1) is 5.91. The van der Waals surface area contributed by atoms with Crippen molar-refractivity contribution in [3.8, 4) is 0 Å². The van der Waals surface area contributed by atoms with Crippen molar-refractivity contribution < 1.29 is 8.78 Å². The van der Waals surface area contributed by atoms with Crippen LogP contribution in [0.4, 0.5) is 8.78 Å². The summed E-state index contributed by atoms with van der Waals surface area (Å²) in [5.74, 6) is -2.80. The number of rotatable bonds is 4. The smallest absolute Gasteiger partial charge is 0.202 e. The SMILES string of the molecule is C=C/C(=C\C=C(/C)CC)C(C)(F)F. The lowest BCUT2D eigenvalue weighted by Crippen LogP contribution is -2.11. The average molecular weight is 186 g/mol. The molecule has 0 saturated heterocycles. The molecular weight excluding hydrogens is 170 g/mol. The van der Waals surface area contributed by atoms with Gasteiger partial charge in [0.25, 0.3) is 5.92 Å². The van der Waals surface area contributed by atoms with Crippen LogP contribution in [0.2, 0.25) is 0 Å². The van der Waals surface area contributed by atoms with Crippen LogP contribution in [0.5, 0.6) is 0 Å². The third kappa shape index (κ3) is 4.61. The summed E-state index contributed by atoms with van der Waals surface area (Å²) < 4.78 is 25.5. The van der Waals surface area contributed by atoms with Crippen molar-refractivity contribution >= 4 is 0 Å². The van der Waals surface area contributed by atoms with Gasteiger partial charge in [-0.2, -0.15) is 0 Å². The molecule has 0 spiro atoms. The quantitative estimate of drug-likeness (QED) is 0.579. The summed E-state index contributed by atoms with van der Waals surface area (Å²) in [6.07, 6.45) is 5.19. The van der Waals surface area contributed by atoms with Crippen molar-refractivity contribution in [1.29, 1.82) is 0 Å². The van der Waals surface area contributed by atoms with Crippen LogP contribution < -0.4 is 0 Å². The Kier molecular flexibility index (Phi) is 4.60. The lowest BCUT2D eigenvalue weighted by atomic mass is 10.1. The molecule has 0 aliphatic heterocycles. The van der Waals surface area contributed by atoms with Crippen molar-refractivity contribution in [3.63, 3.8) is 0 Å². The molecule has 0 unspecified atom stereocenters. The molecule has 0 aliphatic carbocycles. The zero-order chi connectivity index (χ0) is 10.5. The Hall–Kier alpha value is -0.920. The standard InChI is InChI=1S/C11H16F2/c1-5-9(3)7-8-10(6-2)11(4,12)13/h6-8H,2,5H2,1,3-4H3/b9-7+,10-8+. The Bertz CT molecular complexity index is 229. The van der Waals surface area contributed by atoms with Gasteiger partial charge in [-0.1, -0.05) is 37.3 Å². The maximum absolute atomic E-state index is 12.8. The van der Waals surface area contributed by atoms with Gasteiger partial charge in [0.2, 0.25) is 0 Å². The van der Waals surface area contributed by atoms with E-state index in [2.05, 4.69) is 6.58 Å². The minimum atomic E-state index is -2.80. The lowest BCUT2D eigenvalue weighted by molar-refractivity contribution is 0.0676. The molecule has 0 aromatic heterocycles. The van der Waals surface area contributed by atoms with Crippen molar-refractivity contribution in [2.75, 3.05) is 0 Å². The fourth-order valence-electron chi connectivity index (χ4n) is 0.743. The first-order valence-corrected chi connectivity index (χ1v) is 4.30. The zero-order valence-corrected chi connectivity index (χ0v) is 8.40. The van der Waals surface area contributed by atoms with Crippen molar-refractivity contribution in [2.24, 2.45) is 0 Å². The molecule has 13 heavy (non-hydrogen) atoms. The van der Waals surface area contributed by atoms with Crippen LogP contribution >= 0.6 is 0 Å². The highest BCUT2D eigenvalue weighted by molar-refractivity contribution is 5.29. The number of halogens is 2. The third-order valence-electron chi connectivity index (χ3n) is 1.83. The molecule has 0 bridgehead atoms. The summed E-state index contributed by atoms with van der Waals surface area (Å²) in [5.41, 5.74) is 1.03. The molecular formula is C11H16F2. The van der Waals surface area contributed by atoms with Gasteiger partial charge >= 0.3 is 0 Å². The van der Waals surface area contributed by atoms with Crippen LogP contribution in [0.15, 0.2) is 36.0 Å². The van der Waals surface area contributed by atoms with E-state index in [4.69, 9.17) is 0 Å². The van der Waals surface area contributed by atoms with Crippen LogP contribution in [0.1, 0.15) is 27.2 Å². The molecule has 0 fully saturated rings. The van der Waals surface area contributed by atoms with E-state index >= 15 is 0 Å². The molecule has 0 amide bonds. The van der Waals surface area contributed by atoms with Crippen molar-refractivity contribution in [3.05, 3.63) is 36.0 Å². The second kappa shape index (κ2) is 4.95. The van der Waals surface area contributed by atoms with E-state index in [0.29, 0.717) is 0 Å². The summed E-state index contributed by atoms with van der Waals surface area (Å²) in [6.45, 7) is 8.12. The van der Waals surface area contributed by atoms with Crippen LogP contribution in [0.3, 0.4) is 0 Å². The first-order valence-electron chi connectivity index (χ1n) is 4.30. The van der Waals surface area contributed by atoms with E-state index in [1.807, 2.05) is 13.8 Å². The fraction of sp³-hybridized carbons (Fsp3) is 0.455. The number of allylic oxidation sites excluding steroid dienone is 5. The van der Waals surface area contributed by atoms with E-state index in [1.54, 1.807) is 6.08 Å². The molecule has 0 N–H and O–H groups in total. The van der Waals surface area contributed by atoms with Gasteiger partial charge in [-0.25, -0.2) is 8.78 Å². The molecule has 0 nitrogen and oxygen atoms in total. The monoisotopic (exact) mass is 186 g/mol. The minimum absolute atomic E-state index is 0.0414. The van der Waals surface area contributed by atoms with Crippen molar-refractivity contribution in [2.45, 2.75) is 33.1 Å². The number of hydrogen-bond donors (Lipinski definition) is 0. The molecule has 0 radical (unpaired) electrons. The van der Waals surface area contributed by atoms with Crippen LogP contribution in [-0.4, -0.2) is 5.92 Å². The maximum Gasteiger partial charge on any atom is 0.270 e. The van der Waals surface area contributed by atoms with E-state index in [-0.39, 0.29) is 5.57 Å². The summed E-state index contributed by atoms with van der Waals surface area (Å²) in [6, 6.07) is 0. The largest absolute Gasteiger partial charge is 0.270 e. The predicted molar refractivity (Wildman–Crippen MR) is 52.9 cm³/mol. The molecule has 0 aromatic rings. The van der Waals surface area contributed by atoms with Gasteiger partial charge in [0, 0.05) is 12.5 Å². The van der Waals surface area contributed by atoms with Gasteiger partial charge < -0.3 is 0 Å². The van der Waals surface area contributed by atoms with E-state index < -0.39 is 5.92 Å². The van der Waals surface area contributed by atoms with Gasteiger partial charge in [-0.3, -0.25) is 0 Å². The molecule has 0 atom stereocenters. The second-order valence-corrected chi connectivity index (χ2v) is 3.08. The van der Waals surface area contributed by atoms with Crippen LogP contribution in [0.25, 0.3) is 0 Å². The number of hydrogen-bond acceptors (Lipinski definition) is 0. The summed E-state index contributed by atoms with van der Waals surface area (Å²) in [7, 11) is 0. The van der Waals surface area contributed by atoms with Gasteiger partial charge in [0.05, 0.1) is 0 Å². The number of alkyl halides is 2. The normalized spacial score (nSPS) is 14.5. The molecule has 0 aliphatic rings. The topological polar surface area (TPSA) is 0 Å². The second-order valence-electron chi connectivity index (χ2n) is 3.08. The van der Waals surface area contributed by atoms with E-state index in [9.17, 15) is 8.78 Å². The van der Waals surface area contributed by atoms with E-state index in [0.717, 1.165) is 18.9 Å². The highest BCUT2D eigenvalue weighted by atomic mass is 19.3. The first kappa shape index (κ1) is 12.1. The fourth-order valence-corrected chi connectivity index (χ4v) is 0.743.